The summed E-state index contributed by atoms with van der Waals surface area (Å²) in [6, 6.07) is 0.637. The standard InChI is InChI=1S/C15H31NO/c1-4-16-14(3)8-6-10-17-12-15-9-5-7-13(2)11-15/h13-16H,4-12H2,1-3H3. The van der Waals surface area contributed by atoms with Gasteiger partial charge in [-0.1, -0.05) is 26.7 Å². The van der Waals surface area contributed by atoms with Crippen LogP contribution in [0.15, 0.2) is 0 Å². The van der Waals surface area contributed by atoms with Gasteiger partial charge in [-0.15, -0.1) is 0 Å². The number of nitrogens with one attached hydrogen (secondary N) is 1. The highest BCUT2D eigenvalue weighted by molar-refractivity contribution is 4.70. The van der Waals surface area contributed by atoms with Crippen molar-refractivity contribution in [3.63, 3.8) is 0 Å². The second-order valence-corrected chi connectivity index (χ2v) is 5.81. The summed E-state index contributed by atoms with van der Waals surface area (Å²) in [6.45, 7) is 9.82. The molecule has 3 atom stereocenters. The van der Waals surface area contributed by atoms with Gasteiger partial charge >= 0.3 is 0 Å². The third-order valence-corrected chi connectivity index (χ3v) is 3.88. The molecule has 1 aliphatic carbocycles. The Balaban J connectivity index is 1.93. The molecule has 0 aromatic heterocycles. The quantitative estimate of drug-likeness (QED) is 0.656. The van der Waals surface area contributed by atoms with E-state index in [9.17, 15) is 0 Å². The van der Waals surface area contributed by atoms with Gasteiger partial charge in [0, 0.05) is 19.3 Å². The van der Waals surface area contributed by atoms with Crippen LogP contribution < -0.4 is 5.32 Å². The minimum Gasteiger partial charge on any atom is -0.381 e. The van der Waals surface area contributed by atoms with E-state index in [4.69, 9.17) is 4.74 Å². The van der Waals surface area contributed by atoms with Crippen molar-refractivity contribution in [3.8, 4) is 0 Å². The summed E-state index contributed by atoms with van der Waals surface area (Å²) in [5.74, 6) is 1.76. The summed E-state index contributed by atoms with van der Waals surface area (Å²) >= 11 is 0. The monoisotopic (exact) mass is 241 g/mol. The van der Waals surface area contributed by atoms with Gasteiger partial charge in [-0.2, -0.15) is 0 Å². The summed E-state index contributed by atoms with van der Waals surface area (Å²) < 4.78 is 5.82. The zero-order chi connectivity index (χ0) is 12.5. The van der Waals surface area contributed by atoms with E-state index in [2.05, 4.69) is 26.1 Å². The first-order valence-corrected chi connectivity index (χ1v) is 7.53. The van der Waals surface area contributed by atoms with E-state index < -0.39 is 0 Å². The van der Waals surface area contributed by atoms with Crippen molar-refractivity contribution in [3.05, 3.63) is 0 Å². The Morgan fingerprint density at radius 1 is 1.35 bits per heavy atom. The Hall–Kier alpha value is -0.0800. The van der Waals surface area contributed by atoms with Gasteiger partial charge in [-0.25, -0.2) is 0 Å². The van der Waals surface area contributed by atoms with Crippen LogP contribution in [0.25, 0.3) is 0 Å². The normalized spacial score (nSPS) is 27.0. The smallest absolute Gasteiger partial charge is 0.0494 e. The molecule has 1 aliphatic rings. The van der Waals surface area contributed by atoms with Crippen LogP contribution in [0, 0.1) is 11.8 Å². The number of hydrogen-bond donors (Lipinski definition) is 1. The number of ether oxygens (including phenoxy) is 1. The lowest BCUT2D eigenvalue weighted by Gasteiger charge is -2.26. The highest BCUT2D eigenvalue weighted by atomic mass is 16.5. The lowest BCUT2D eigenvalue weighted by molar-refractivity contribution is 0.0732. The van der Waals surface area contributed by atoms with Crippen molar-refractivity contribution in [1.82, 2.24) is 5.32 Å². The van der Waals surface area contributed by atoms with Gasteiger partial charge in [0.1, 0.15) is 0 Å². The van der Waals surface area contributed by atoms with Crippen LogP contribution in [0.3, 0.4) is 0 Å². The van der Waals surface area contributed by atoms with Gasteiger partial charge in [0.15, 0.2) is 0 Å². The molecule has 0 aromatic carbocycles. The van der Waals surface area contributed by atoms with Gasteiger partial charge in [-0.05, 0) is 51.0 Å². The van der Waals surface area contributed by atoms with Gasteiger partial charge in [0.25, 0.3) is 0 Å². The van der Waals surface area contributed by atoms with E-state index in [-0.39, 0.29) is 0 Å². The summed E-state index contributed by atoms with van der Waals surface area (Å²) in [4.78, 5) is 0. The Kier molecular flexibility index (Phi) is 7.87. The molecule has 1 fully saturated rings. The van der Waals surface area contributed by atoms with Crippen molar-refractivity contribution in [2.24, 2.45) is 11.8 Å². The first kappa shape index (κ1) is 15.0. The largest absolute Gasteiger partial charge is 0.381 e. The summed E-state index contributed by atoms with van der Waals surface area (Å²) in [5, 5.41) is 3.44. The molecule has 0 aliphatic heterocycles. The van der Waals surface area contributed by atoms with Gasteiger partial charge in [0.2, 0.25) is 0 Å². The summed E-state index contributed by atoms with van der Waals surface area (Å²) in [6.07, 6.45) is 8.03. The summed E-state index contributed by atoms with van der Waals surface area (Å²) in [5.41, 5.74) is 0. The van der Waals surface area contributed by atoms with Crippen molar-refractivity contribution < 1.29 is 4.74 Å². The van der Waals surface area contributed by atoms with E-state index in [0.717, 1.165) is 31.6 Å². The average molecular weight is 241 g/mol. The number of rotatable bonds is 8. The fraction of sp³-hybridized carbons (Fsp3) is 1.00. The van der Waals surface area contributed by atoms with Crippen molar-refractivity contribution >= 4 is 0 Å². The van der Waals surface area contributed by atoms with Crippen LogP contribution in [0.1, 0.15) is 59.3 Å². The third kappa shape index (κ3) is 7.05. The van der Waals surface area contributed by atoms with Crippen LogP contribution in [0.4, 0.5) is 0 Å². The van der Waals surface area contributed by atoms with E-state index in [1.807, 2.05) is 0 Å². The molecule has 0 heterocycles. The van der Waals surface area contributed by atoms with E-state index in [1.165, 1.54) is 38.5 Å². The maximum absolute atomic E-state index is 5.82. The van der Waals surface area contributed by atoms with Crippen LogP contribution >= 0.6 is 0 Å². The van der Waals surface area contributed by atoms with Crippen LogP contribution in [0.5, 0.6) is 0 Å². The topological polar surface area (TPSA) is 21.3 Å². The summed E-state index contributed by atoms with van der Waals surface area (Å²) in [7, 11) is 0. The first-order valence-electron chi connectivity index (χ1n) is 7.53. The predicted octanol–water partition coefficient (Wildman–Crippen LogP) is 3.61. The maximum Gasteiger partial charge on any atom is 0.0494 e. The third-order valence-electron chi connectivity index (χ3n) is 3.88. The molecule has 2 heteroatoms. The van der Waals surface area contributed by atoms with E-state index >= 15 is 0 Å². The fourth-order valence-electron chi connectivity index (χ4n) is 2.90. The van der Waals surface area contributed by atoms with Crippen LogP contribution in [-0.2, 0) is 4.74 Å². The average Bonchev–Trinajstić information content (AvgIpc) is 2.29. The minimum atomic E-state index is 0.637. The van der Waals surface area contributed by atoms with Gasteiger partial charge < -0.3 is 10.1 Å². The molecule has 0 spiro atoms. The van der Waals surface area contributed by atoms with Crippen molar-refractivity contribution in [2.75, 3.05) is 19.8 Å². The molecular weight excluding hydrogens is 210 g/mol. The zero-order valence-electron chi connectivity index (χ0n) is 12.0. The van der Waals surface area contributed by atoms with E-state index in [0.29, 0.717) is 6.04 Å². The van der Waals surface area contributed by atoms with Crippen molar-refractivity contribution in [1.29, 1.82) is 0 Å². The molecule has 2 nitrogen and oxygen atoms in total. The molecule has 1 N–H and O–H groups in total. The number of hydrogen-bond acceptors (Lipinski definition) is 2. The molecule has 102 valence electrons. The van der Waals surface area contributed by atoms with Gasteiger partial charge in [-0.3, -0.25) is 0 Å². The molecule has 0 bridgehead atoms. The lowest BCUT2D eigenvalue weighted by atomic mass is 9.83. The predicted molar refractivity (Wildman–Crippen MR) is 74.3 cm³/mol. The molecule has 17 heavy (non-hydrogen) atoms. The second-order valence-electron chi connectivity index (χ2n) is 5.81. The molecule has 0 radical (unpaired) electrons. The van der Waals surface area contributed by atoms with Crippen LogP contribution in [-0.4, -0.2) is 25.8 Å². The zero-order valence-corrected chi connectivity index (χ0v) is 12.0. The SMILES string of the molecule is CCNC(C)CCCOCC1CCCC(C)C1. The Bertz CT molecular complexity index is 184. The second kappa shape index (κ2) is 8.93. The highest BCUT2D eigenvalue weighted by Crippen LogP contribution is 2.28. The molecule has 0 aromatic rings. The van der Waals surface area contributed by atoms with Gasteiger partial charge in [0.05, 0.1) is 0 Å². The molecule has 1 saturated carbocycles. The molecule has 0 saturated heterocycles. The Morgan fingerprint density at radius 2 is 2.18 bits per heavy atom. The molecule has 0 amide bonds. The maximum atomic E-state index is 5.82. The Morgan fingerprint density at radius 3 is 2.88 bits per heavy atom. The fourth-order valence-corrected chi connectivity index (χ4v) is 2.90. The molecule has 1 rings (SSSR count). The highest BCUT2D eigenvalue weighted by Gasteiger charge is 2.18. The van der Waals surface area contributed by atoms with Crippen molar-refractivity contribution in [2.45, 2.75) is 65.3 Å². The molecule has 3 unspecified atom stereocenters. The van der Waals surface area contributed by atoms with E-state index in [1.54, 1.807) is 0 Å². The Labute approximate surface area is 108 Å². The first-order chi connectivity index (χ1) is 8.22. The van der Waals surface area contributed by atoms with Crippen LogP contribution in [0.2, 0.25) is 0 Å². The minimum absolute atomic E-state index is 0.637. The molecular formula is C15H31NO. The lowest BCUT2D eigenvalue weighted by Crippen LogP contribution is -2.25.